The number of rotatable bonds is 6. The predicted molar refractivity (Wildman–Crippen MR) is 93.0 cm³/mol. The molecule has 0 amide bonds. The highest BCUT2D eigenvalue weighted by molar-refractivity contribution is 5.73. The minimum Gasteiger partial charge on any atom is -0.489 e. The lowest BCUT2D eigenvalue weighted by molar-refractivity contribution is -0.142. The molecule has 0 radical (unpaired) electrons. The predicted octanol–water partition coefficient (Wildman–Crippen LogP) is 3.88. The molecule has 2 atom stereocenters. The van der Waals surface area contributed by atoms with Gasteiger partial charge in [0.15, 0.2) is 0 Å². The molecule has 0 spiro atoms. The molecule has 1 saturated heterocycles. The van der Waals surface area contributed by atoms with Crippen LogP contribution in [-0.2, 0) is 11.4 Å². The number of carboxylic acid groups (broad SMARTS) is 1. The quantitative estimate of drug-likeness (QED) is 0.876. The van der Waals surface area contributed by atoms with Gasteiger partial charge in [-0.25, -0.2) is 0 Å². The van der Waals surface area contributed by atoms with Gasteiger partial charge < -0.3 is 9.84 Å². The first-order valence-corrected chi connectivity index (χ1v) is 8.40. The van der Waals surface area contributed by atoms with Gasteiger partial charge in [0.25, 0.3) is 0 Å². The van der Waals surface area contributed by atoms with Gasteiger partial charge in [-0.1, -0.05) is 42.5 Å². The summed E-state index contributed by atoms with van der Waals surface area (Å²) in [4.78, 5) is 13.5. The fraction of sp³-hybridized carbons (Fsp3) is 0.350. The van der Waals surface area contributed by atoms with E-state index in [0.717, 1.165) is 36.3 Å². The molecule has 2 unspecified atom stereocenters. The maximum atomic E-state index is 11.4. The Kier molecular flexibility index (Phi) is 5.16. The summed E-state index contributed by atoms with van der Waals surface area (Å²) in [5, 5.41) is 9.38. The summed E-state index contributed by atoms with van der Waals surface area (Å²) in [6.45, 7) is 3.42. The Bertz CT molecular complexity index is 686. The average molecular weight is 325 g/mol. The van der Waals surface area contributed by atoms with Crippen LogP contribution in [0.5, 0.6) is 5.75 Å². The van der Waals surface area contributed by atoms with Crippen LogP contribution in [0.2, 0.25) is 0 Å². The topological polar surface area (TPSA) is 49.8 Å². The second-order valence-corrected chi connectivity index (χ2v) is 6.26. The van der Waals surface area contributed by atoms with Gasteiger partial charge in [0.2, 0.25) is 0 Å². The average Bonchev–Trinajstić information content (AvgIpc) is 3.10. The number of carboxylic acids is 1. The molecule has 2 aromatic rings. The molecule has 24 heavy (non-hydrogen) atoms. The number of nitrogens with zero attached hydrogens (tertiary/aromatic N) is 1. The van der Waals surface area contributed by atoms with Crippen molar-refractivity contribution in [2.24, 2.45) is 0 Å². The third-order valence-electron chi connectivity index (χ3n) is 4.67. The Morgan fingerprint density at radius 3 is 2.79 bits per heavy atom. The Morgan fingerprint density at radius 1 is 1.25 bits per heavy atom. The zero-order valence-electron chi connectivity index (χ0n) is 13.9. The third kappa shape index (κ3) is 3.77. The van der Waals surface area contributed by atoms with Crippen LogP contribution in [0.1, 0.15) is 36.9 Å². The maximum Gasteiger partial charge on any atom is 0.320 e. The van der Waals surface area contributed by atoms with E-state index in [1.54, 1.807) is 0 Å². The number of ether oxygens (including phenoxy) is 1. The standard InChI is InChI=1S/C20H23NO3/c1-15(21-12-6-11-19(21)20(22)23)17-9-5-10-18(13-17)24-14-16-7-3-2-4-8-16/h2-5,7-10,13,15,19H,6,11-12,14H2,1H3,(H,22,23). The minimum atomic E-state index is -0.726. The van der Waals surface area contributed by atoms with Gasteiger partial charge in [0.1, 0.15) is 18.4 Å². The molecule has 0 saturated carbocycles. The molecular formula is C20H23NO3. The monoisotopic (exact) mass is 325 g/mol. The van der Waals surface area contributed by atoms with E-state index in [4.69, 9.17) is 4.74 Å². The van der Waals surface area contributed by atoms with Gasteiger partial charge in [-0.15, -0.1) is 0 Å². The van der Waals surface area contributed by atoms with Crippen molar-refractivity contribution in [3.63, 3.8) is 0 Å². The van der Waals surface area contributed by atoms with Gasteiger partial charge in [-0.05, 0) is 49.6 Å². The second-order valence-electron chi connectivity index (χ2n) is 6.26. The van der Waals surface area contributed by atoms with E-state index in [9.17, 15) is 9.90 Å². The highest BCUT2D eigenvalue weighted by Crippen LogP contribution is 2.31. The number of likely N-dealkylation sites (tertiary alicyclic amines) is 1. The van der Waals surface area contributed by atoms with E-state index >= 15 is 0 Å². The van der Waals surface area contributed by atoms with Crippen molar-refractivity contribution < 1.29 is 14.6 Å². The molecule has 1 aliphatic rings. The largest absolute Gasteiger partial charge is 0.489 e. The number of hydrogen-bond donors (Lipinski definition) is 1. The number of benzene rings is 2. The molecule has 4 heteroatoms. The van der Waals surface area contributed by atoms with Crippen LogP contribution in [0.4, 0.5) is 0 Å². The first-order chi connectivity index (χ1) is 11.6. The summed E-state index contributed by atoms with van der Waals surface area (Å²) in [6, 6.07) is 17.7. The number of aliphatic carboxylic acids is 1. The SMILES string of the molecule is CC(c1cccc(OCc2ccccc2)c1)N1CCCC1C(=O)O. The zero-order valence-corrected chi connectivity index (χ0v) is 13.9. The fourth-order valence-electron chi connectivity index (χ4n) is 3.31. The van der Waals surface area contributed by atoms with Crippen molar-refractivity contribution in [2.75, 3.05) is 6.54 Å². The molecule has 2 aromatic carbocycles. The van der Waals surface area contributed by atoms with E-state index in [1.807, 2.05) is 54.6 Å². The van der Waals surface area contributed by atoms with Crippen LogP contribution in [0.15, 0.2) is 54.6 Å². The molecular weight excluding hydrogens is 302 g/mol. The highest BCUT2D eigenvalue weighted by atomic mass is 16.5. The van der Waals surface area contributed by atoms with Gasteiger partial charge in [-0.3, -0.25) is 9.69 Å². The Labute approximate surface area is 142 Å². The van der Waals surface area contributed by atoms with Crippen LogP contribution in [0, 0.1) is 0 Å². The molecule has 1 heterocycles. The highest BCUT2D eigenvalue weighted by Gasteiger charge is 2.34. The van der Waals surface area contributed by atoms with E-state index < -0.39 is 5.97 Å². The molecule has 0 aromatic heterocycles. The van der Waals surface area contributed by atoms with E-state index in [-0.39, 0.29) is 12.1 Å². The summed E-state index contributed by atoms with van der Waals surface area (Å²) in [5.41, 5.74) is 2.22. The first kappa shape index (κ1) is 16.5. The van der Waals surface area contributed by atoms with Crippen LogP contribution >= 0.6 is 0 Å². The molecule has 1 fully saturated rings. The van der Waals surface area contributed by atoms with Crippen molar-refractivity contribution in [3.8, 4) is 5.75 Å². The lowest BCUT2D eigenvalue weighted by Crippen LogP contribution is -2.37. The first-order valence-electron chi connectivity index (χ1n) is 8.40. The number of hydrogen-bond acceptors (Lipinski definition) is 3. The van der Waals surface area contributed by atoms with Crippen molar-refractivity contribution in [1.29, 1.82) is 0 Å². The van der Waals surface area contributed by atoms with Gasteiger partial charge in [0.05, 0.1) is 0 Å². The molecule has 1 aliphatic heterocycles. The van der Waals surface area contributed by atoms with Gasteiger partial charge >= 0.3 is 5.97 Å². The summed E-state index contributed by atoms with van der Waals surface area (Å²) < 4.78 is 5.88. The van der Waals surface area contributed by atoms with Crippen molar-refractivity contribution in [1.82, 2.24) is 4.90 Å². The summed E-state index contributed by atoms with van der Waals surface area (Å²) >= 11 is 0. The van der Waals surface area contributed by atoms with Crippen molar-refractivity contribution in [2.45, 2.75) is 38.5 Å². The summed E-state index contributed by atoms with van der Waals surface area (Å²) in [5.74, 6) is 0.0881. The van der Waals surface area contributed by atoms with Gasteiger partial charge in [0, 0.05) is 6.04 Å². The summed E-state index contributed by atoms with van der Waals surface area (Å²) in [6.07, 6.45) is 1.66. The Balaban J connectivity index is 1.69. The van der Waals surface area contributed by atoms with Crippen molar-refractivity contribution in [3.05, 3.63) is 65.7 Å². The molecule has 3 rings (SSSR count). The Hall–Kier alpha value is -2.33. The lowest BCUT2D eigenvalue weighted by Gasteiger charge is -2.28. The zero-order chi connectivity index (χ0) is 16.9. The van der Waals surface area contributed by atoms with Crippen molar-refractivity contribution >= 4 is 5.97 Å². The van der Waals surface area contributed by atoms with Crippen LogP contribution in [-0.4, -0.2) is 28.6 Å². The molecule has 126 valence electrons. The molecule has 4 nitrogen and oxygen atoms in total. The molecule has 1 N–H and O–H groups in total. The number of carbonyl (C=O) groups is 1. The lowest BCUT2D eigenvalue weighted by atomic mass is 10.1. The molecule has 0 aliphatic carbocycles. The smallest absolute Gasteiger partial charge is 0.320 e. The fourth-order valence-corrected chi connectivity index (χ4v) is 3.31. The van der Waals surface area contributed by atoms with E-state index in [1.165, 1.54) is 0 Å². The van der Waals surface area contributed by atoms with E-state index in [0.29, 0.717) is 6.61 Å². The Morgan fingerprint density at radius 2 is 2.04 bits per heavy atom. The normalized spacial score (nSPS) is 19.1. The molecule has 0 bridgehead atoms. The van der Waals surface area contributed by atoms with Gasteiger partial charge in [-0.2, -0.15) is 0 Å². The minimum absolute atomic E-state index is 0.0638. The summed E-state index contributed by atoms with van der Waals surface area (Å²) in [7, 11) is 0. The maximum absolute atomic E-state index is 11.4. The third-order valence-corrected chi connectivity index (χ3v) is 4.67. The van der Waals surface area contributed by atoms with E-state index in [2.05, 4.69) is 11.8 Å². The van der Waals surface area contributed by atoms with Crippen LogP contribution in [0.25, 0.3) is 0 Å². The van der Waals surface area contributed by atoms with Crippen LogP contribution < -0.4 is 4.74 Å². The van der Waals surface area contributed by atoms with Crippen LogP contribution in [0.3, 0.4) is 0 Å². The second kappa shape index (κ2) is 7.49.